The van der Waals surface area contributed by atoms with Gasteiger partial charge in [-0.05, 0) is 100 Å². The van der Waals surface area contributed by atoms with Crippen LogP contribution in [0.5, 0.6) is 0 Å². The normalized spacial score (nSPS) is 13.5. The molecule has 292 valence electrons. The summed E-state index contributed by atoms with van der Waals surface area (Å²) in [4.78, 5) is 2.47. The van der Waals surface area contributed by atoms with Crippen molar-refractivity contribution in [3.05, 3.63) is 200 Å². The van der Waals surface area contributed by atoms with E-state index in [0.717, 1.165) is 83.2 Å². The van der Waals surface area contributed by atoms with Gasteiger partial charge >= 0.3 is 0 Å². The van der Waals surface area contributed by atoms with Gasteiger partial charge < -0.3 is 13.7 Å². The van der Waals surface area contributed by atoms with Crippen molar-refractivity contribution in [2.75, 3.05) is 4.90 Å². The van der Waals surface area contributed by atoms with Gasteiger partial charge in [0.05, 0.1) is 11.4 Å². The molecule has 0 unspecified atom stereocenters. The Labute approximate surface area is 355 Å². The Morgan fingerprint density at radius 2 is 0.967 bits per heavy atom. The van der Waals surface area contributed by atoms with E-state index in [1.807, 2.05) is 18.2 Å². The van der Waals surface area contributed by atoms with Crippen molar-refractivity contribution < 1.29 is 8.83 Å². The zero-order valence-corrected chi connectivity index (χ0v) is 33.9. The van der Waals surface area contributed by atoms with Crippen LogP contribution in [0.3, 0.4) is 0 Å². The molecule has 1 aliphatic rings. The highest BCUT2D eigenvalue weighted by Crippen LogP contribution is 2.49. The molecule has 0 radical (unpaired) electrons. The Morgan fingerprint density at radius 3 is 1.77 bits per heavy atom. The van der Waals surface area contributed by atoms with E-state index in [9.17, 15) is 0 Å². The second kappa shape index (κ2) is 14.7. The molecule has 3 heteroatoms. The second-order valence-corrected chi connectivity index (χ2v) is 16.6. The molecular weight excluding hydrogens is 743 g/mol. The molecule has 2 aromatic heterocycles. The molecule has 61 heavy (non-hydrogen) atoms. The average Bonchev–Trinajstić information content (AvgIpc) is 3.90. The molecule has 11 aromatic rings. The Kier molecular flexibility index (Phi) is 8.59. The smallest absolute Gasteiger partial charge is 0.143 e. The van der Waals surface area contributed by atoms with Gasteiger partial charge in [-0.25, -0.2) is 0 Å². The molecule has 1 fully saturated rings. The molecule has 9 aromatic carbocycles. The second-order valence-electron chi connectivity index (χ2n) is 16.6. The van der Waals surface area contributed by atoms with Crippen molar-refractivity contribution in [1.82, 2.24) is 0 Å². The zero-order chi connectivity index (χ0) is 40.3. The van der Waals surface area contributed by atoms with Crippen molar-refractivity contribution >= 4 is 71.7 Å². The lowest BCUT2D eigenvalue weighted by Crippen LogP contribution is -2.13. The summed E-state index contributed by atoms with van der Waals surface area (Å²) in [6.07, 6.45) is 6.41. The Hall–Kier alpha value is -7.36. The highest BCUT2D eigenvalue weighted by atomic mass is 16.3. The van der Waals surface area contributed by atoms with Crippen LogP contribution in [0.25, 0.3) is 88.0 Å². The number of rotatable bonds is 7. The number of nitrogens with zero attached hydrogens (tertiary/aromatic N) is 1. The summed E-state index contributed by atoms with van der Waals surface area (Å²) < 4.78 is 13.1. The molecule has 0 saturated heterocycles. The lowest BCUT2D eigenvalue weighted by molar-refractivity contribution is 0.445. The fourth-order valence-corrected chi connectivity index (χ4v) is 10.2. The van der Waals surface area contributed by atoms with Gasteiger partial charge in [0.15, 0.2) is 0 Å². The largest absolute Gasteiger partial charge is 0.456 e. The molecule has 0 spiro atoms. The number of hydrogen-bond acceptors (Lipinski definition) is 3. The van der Waals surface area contributed by atoms with Gasteiger partial charge in [0.25, 0.3) is 0 Å². The van der Waals surface area contributed by atoms with E-state index in [2.05, 4.69) is 181 Å². The first-order valence-electron chi connectivity index (χ1n) is 21.7. The van der Waals surface area contributed by atoms with Crippen LogP contribution in [-0.2, 0) is 0 Å². The molecule has 0 atom stereocenters. The first kappa shape index (κ1) is 35.6. The molecule has 2 heterocycles. The fourth-order valence-electron chi connectivity index (χ4n) is 10.2. The predicted octanol–water partition coefficient (Wildman–Crippen LogP) is 17.2. The van der Waals surface area contributed by atoms with Gasteiger partial charge in [-0.1, -0.05) is 165 Å². The first-order chi connectivity index (χ1) is 30.3. The number of furan rings is 2. The van der Waals surface area contributed by atoms with E-state index >= 15 is 0 Å². The van der Waals surface area contributed by atoms with Gasteiger partial charge in [0.1, 0.15) is 22.3 Å². The van der Waals surface area contributed by atoms with Gasteiger partial charge in [-0.3, -0.25) is 0 Å². The number of hydrogen-bond donors (Lipinski definition) is 0. The summed E-state index contributed by atoms with van der Waals surface area (Å²) >= 11 is 0. The molecule has 0 N–H and O–H groups in total. The van der Waals surface area contributed by atoms with E-state index < -0.39 is 0 Å². The van der Waals surface area contributed by atoms with E-state index in [1.54, 1.807) is 0 Å². The number of fused-ring (bicyclic) bond motifs is 7. The van der Waals surface area contributed by atoms with E-state index in [0.29, 0.717) is 5.92 Å². The number of para-hydroxylation sites is 5. The van der Waals surface area contributed by atoms with Crippen LogP contribution in [0.1, 0.15) is 43.6 Å². The van der Waals surface area contributed by atoms with Crippen molar-refractivity contribution in [3.8, 4) is 33.4 Å². The van der Waals surface area contributed by atoms with Crippen LogP contribution in [0, 0.1) is 0 Å². The first-order valence-corrected chi connectivity index (χ1v) is 21.7. The van der Waals surface area contributed by atoms with Gasteiger partial charge in [-0.15, -0.1) is 0 Å². The molecule has 1 saturated carbocycles. The number of benzene rings is 9. The molecule has 0 aliphatic heterocycles. The maximum absolute atomic E-state index is 6.70. The Bertz CT molecular complexity index is 3430. The summed E-state index contributed by atoms with van der Waals surface area (Å²) in [7, 11) is 0. The number of anilines is 3. The van der Waals surface area contributed by atoms with Gasteiger partial charge in [0, 0.05) is 43.9 Å². The molecule has 0 amide bonds. The standard InChI is InChI=1S/C58H43NO2/c1-2-16-38(17-3-1)43-26-13-18-39-19-14-27-49(57(39)43)44-22-4-8-30-52(44)59(42-21-12-20-40(36-42)41-34-35-48-46-24-6-10-32-54(46)60-56(48)37-41)53-31-9-5-23-45(53)50-28-15-29-51-47-25-7-11-33-55(47)61-58(50)51/h4-15,18-38H,1-3,16-17H2. The monoisotopic (exact) mass is 785 g/mol. The van der Waals surface area contributed by atoms with Crippen LogP contribution in [-0.4, -0.2) is 0 Å². The third kappa shape index (κ3) is 6.03. The van der Waals surface area contributed by atoms with E-state index in [4.69, 9.17) is 8.83 Å². The summed E-state index contributed by atoms with van der Waals surface area (Å²) in [5, 5.41) is 7.17. The average molecular weight is 786 g/mol. The molecule has 1 aliphatic carbocycles. The van der Waals surface area contributed by atoms with Crippen LogP contribution >= 0.6 is 0 Å². The summed E-state index contributed by atoms with van der Waals surface area (Å²) in [6, 6.07) is 70.3. The highest BCUT2D eigenvalue weighted by molar-refractivity contribution is 6.12. The fraction of sp³-hybridized carbons (Fsp3) is 0.103. The van der Waals surface area contributed by atoms with Crippen molar-refractivity contribution in [3.63, 3.8) is 0 Å². The van der Waals surface area contributed by atoms with Crippen LogP contribution < -0.4 is 4.90 Å². The predicted molar refractivity (Wildman–Crippen MR) is 255 cm³/mol. The Balaban J connectivity index is 1.09. The summed E-state index contributed by atoms with van der Waals surface area (Å²) in [5.74, 6) is 0.563. The third-order valence-corrected chi connectivity index (χ3v) is 13.1. The van der Waals surface area contributed by atoms with E-state index in [-0.39, 0.29) is 0 Å². The zero-order valence-electron chi connectivity index (χ0n) is 33.9. The van der Waals surface area contributed by atoms with Crippen molar-refractivity contribution in [2.45, 2.75) is 38.0 Å². The van der Waals surface area contributed by atoms with E-state index in [1.165, 1.54) is 59.6 Å². The quantitative estimate of drug-likeness (QED) is 0.161. The third-order valence-electron chi connectivity index (χ3n) is 13.1. The van der Waals surface area contributed by atoms with Crippen LogP contribution in [0.2, 0.25) is 0 Å². The van der Waals surface area contributed by atoms with Crippen molar-refractivity contribution in [1.29, 1.82) is 0 Å². The molecule has 3 nitrogen and oxygen atoms in total. The molecule has 0 bridgehead atoms. The van der Waals surface area contributed by atoms with Gasteiger partial charge in [0.2, 0.25) is 0 Å². The minimum atomic E-state index is 0.563. The summed E-state index contributed by atoms with van der Waals surface area (Å²) in [5.41, 5.74) is 15.1. The maximum Gasteiger partial charge on any atom is 0.143 e. The minimum absolute atomic E-state index is 0.563. The topological polar surface area (TPSA) is 29.5 Å². The lowest BCUT2D eigenvalue weighted by atomic mass is 9.80. The highest BCUT2D eigenvalue weighted by Gasteiger charge is 2.25. The van der Waals surface area contributed by atoms with Crippen LogP contribution in [0.15, 0.2) is 203 Å². The maximum atomic E-state index is 6.70. The lowest BCUT2D eigenvalue weighted by Gasteiger charge is -2.31. The van der Waals surface area contributed by atoms with Crippen LogP contribution in [0.4, 0.5) is 17.1 Å². The van der Waals surface area contributed by atoms with Crippen molar-refractivity contribution in [2.24, 2.45) is 0 Å². The SMILES string of the molecule is c1cc(-c2ccc3c(c2)oc2ccccc23)cc(N(c2ccccc2-c2cccc3c2oc2ccccc23)c2ccccc2-c2cccc3cccc(C4CCCCC4)c23)c1. The minimum Gasteiger partial charge on any atom is -0.456 e. The Morgan fingerprint density at radius 1 is 0.393 bits per heavy atom. The van der Waals surface area contributed by atoms with Gasteiger partial charge in [-0.2, -0.15) is 0 Å². The summed E-state index contributed by atoms with van der Waals surface area (Å²) in [6.45, 7) is 0. The molecular formula is C58H43NO2. The molecule has 12 rings (SSSR count).